The zero-order valence-electron chi connectivity index (χ0n) is 6.49. The minimum Gasteiger partial charge on any atom is -0.726 e. The van der Waals surface area contributed by atoms with Crippen LogP contribution >= 0.6 is 0 Å². The van der Waals surface area contributed by atoms with Gasteiger partial charge in [-0.05, 0) is 0 Å². The van der Waals surface area contributed by atoms with Gasteiger partial charge in [0, 0.05) is 0 Å². The van der Waals surface area contributed by atoms with Gasteiger partial charge < -0.3 is 43.6 Å². The molecule has 0 aliphatic rings. The predicted molar refractivity (Wildman–Crippen MR) is 44.8 cm³/mol. The quantitative estimate of drug-likeness (QED) is 0.238. The third-order valence-corrected chi connectivity index (χ3v) is 0. The summed E-state index contributed by atoms with van der Waals surface area (Å²) in [4.78, 5) is 0. The fourth-order valence-corrected chi connectivity index (χ4v) is 0. The van der Waals surface area contributed by atoms with E-state index in [1.165, 1.54) is 0 Å². The molecule has 0 rings (SSSR count). The minimum atomic E-state index is -4.92. The normalized spacial score (nSPS) is 4.46. The van der Waals surface area contributed by atoms with E-state index in [9.17, 15) is 0 Å². The van der Waals surface area contributed by atoms with E-state index in [1.807, 2.05) is 0 Å². The fourth-order valence-electron chi connectivity index (χ4n) is 0. The number of hydrogen-bond acceptors (Lipinski definition) is 4. The molecular formula is H16MgNO10S. The van der Waals surface area contributed by atoms with Gasteiger partial charge >= 0.3 is 23.1 Å². The van der Waals surface area contributed by atoms with Crippen molar-refractivity contribution in [3.05, 3.63) is 0 Å². The molecule has 13 heteroatoms. The maximum absolute atomic E-state index is 8.63. The molecule has 0 unspecified atom stereocenters. The molecule has 0 aliphatic heterocycles. The summed E-state index contributed by atoms with van der Waals surface area (Å²) in [5.41, 5.74) is 0. The number of rotatable bonds is 0. The second kappa shape index (κ2) is 39.4. The smallest absolute Gasteiger partial charge is 0.726 e. The van der Waals surface area contributed by atoms with Crippen LogP contribution in [0.5, 0.6) is 0 Å². The van der Waals surface area contributed by atoms with Crippen LogP contribution < -0.4 is 6.15 Å². The molecule has 0 amide bonds. The second-order valence-electron chi connectivity index (χ2n) is 0.428. The first kappa shape index (κ1) is 107. The Morgan fingerprint density at radius 1 is 0.846 bits per heavy atom. The Hall–Kier alpha value is 0.356. The maximum atomic E-state index is 8.63. The van der Waals surface area contributed by atoms with Crippen LogP contribution in [0.25, 0.3) is 0 Å². The average Bonchev–Trinajstić information content (AvgIpc) is 0.722. The Morgan fingerprint density at radius 2 is 0.846 bits per heavy atom. The monoisotopic (exact) mass is 246 g/mol. The van der Waals surface area contributed by atoms with Crippen LogP contribution in [0.15, 0.2) is 0 Å². The Bertz CT molecular complexity index is 98.1. The summed E-state index contributed by atoms with van der Waals surface area (Å²) >= 11 is 0. The molecule has 11 nitrogen and oxygen atoms in total. The molecule has 0 heterocycles. The summed E-state index contributed by atoms with van der Waals surface area (Å²) in [7, 11) is -4.92. The molecule has 0 aromatic rings. The third-order valence-electron chi connectivity index (χ3n) is 0. The van der Waals surface area contributed by atoms with Crippen molar-refractivity contribution in [1.82, 2.24) is 6.15 Å². The molecule has 0 aromatic carbocycles. The topological polar surface area (TPSA) is 301 Å². The minimum absolute atomic E-state index is 0. The molecule has 0 saturated heterocycles. The van der Waals surface area contributed by atoms with Crippen molar-refractivity contribution < 1.29 is 50.4 Å². The van der Waals surface area contributed by atoms with E-state index in [0.717, 1.165) is 0 Å². The average molecular weight is 246 g/mol. The molecule has 0 spiro atoms. The van der Waals surface area contributed by atoms with Crippen molar-refractivity contribution in [3.8, 4) is 0 Å². The molecule has 0 aliphatic carbocycles. The van der Waals surface area contributed by atoms with Crippen LogP contribution in [0.2, 0.25) is 0 Å². The Labute approximate surface area is 90.3 Å². The summed E-state index contributed by atoms with van der Waals surface area (Å²) in [5.74, 6) is 0. The van der Waals surface area contributed by atoms with Crippen LogP contribution in [0.1, 0.15) is 0 Å². The molecule has 16 N–H and O–H groups in total. The van der Waals surface area contributed by atoms with Gasteiger partial charge in [-0.15, -0.1) is 0 Å². The SMILES string of the molecule is N.O.O.O.O.O.O.O=S(=O)([O-])O.[Mg+]. The van der Waals surface area contributed by atoms with E-state index in [2.05, 4.69) is 0 Å². The summed E-state index contributed by atoms with van der Waals surface area (Å²) in [6.45, 7) is 0. The van der Waals surface area contributed by atoms with Crippen molar-refractivity contribution in [1.29, 1.82) is 0 Å². The maximum Gasteiger partial charge on any atom is 1.00 e. The zero-order valence-corrected chi connectivity index (χ0v) is 8.73. The van der Waals surface area contributed by atoms with E-state index >= 15 is 0 Å². The van der Waals surface area contributed by atoms with Crippen molar-refractivity contribution in [2.24, 2.45) is 0 Å². The molecule has 89 valence electrons. The van der Waals surface area contributed by atoms with Gasteiger partial charge in [0.1, 0.15) is 0 Å². The molecule has 13 heavy (non-hydrogen) atoms. The summed E-state index contributed by atoms with van der Waals surface area (Å²) in [5, 5.41) is 0. The molecule has 0 fully saturated rings. The van der Waals surface area contributed by atoms with Crippen molar-refractivity contribution in [2.75, 3.05) is 0 Å². The van der Waals surface area contributed by atoms with E-state index in [1.54, 1.807) is 0 Å². The van der Waals surface area contributed by atoms with E-state index in [4.69, 9.17) is 17.5 Å². The molecule has 0 atom stereocenters. The summed E-state index contributed by atoms with van der Waals surface area (Å²) in [6.07, 6.45) is 0. The van der Waals surface area contributed by atoms with Gasteiger partial charge in [0.2, 0.25) is 10.4 Å². The summed E-state index contributed by atoms with van der Waals surface area (Å²) in [6, 6.07) is 0. The molecule has 0 saturated carbocycles. The second-order valence-corrected chi connectivity index (χ2v) is 1.28. The standard InChI is InChI=1S/Mg.H3N.H2O4S.6H2O/c;;1-5(2,3)4;;;;;;/h;1H3;(H2,1,2,3,4);6*1H2/q+1;;;;;;;;/p-1. The van der Waals surface area contributed by atoms with Crippen LogP contribution in [-0.4, -0.2) is 73.4 Å². The summed E-state index contributed by atoms with van der Waals surface area (Å²) < 4.78 is 32.8. The van der Waals surface area contributed by atoms with Gasteiger partial charge in [-0.3, -0.25) is 4.55 Å². The largest absolute Gasteiger partial charge is 1.00 e. The van der Waals surface area contributed by atoms with Crippen LogP contribution in [0.3, 0.4) is 0 Å². The Balaban J connectivity index is -0.00000000286. The molecule has 1 radical (unpaired) electrons. The first-order valence-corrected chi connectivity index (χ1v) is 2.05. The van der Waals surface area contributed by atoms with Crippen molar-refractivity contribution >= 4 is 33.5 Å². The van der Waals surface area contributed by atoms with Gasteiger partial charge in [-0.2, -0.15) is 0 Å². The van der Waals surface area contributed by atoms with E-state index < -0.39 is 10.4 Å². The van der Waals surface area contributed by atoms with Gasteiger partial charge in [0.25, 0.3) is 0 Å². The first-order chi connectivity index (χ1) is 2.00. The molecular weight excluding hydrogens is 230 g/mol. The van der Waals surface area contributed by atoms with E-state index in [0.29, 0.717) is 0 Å². The van der Waals surface area contributed by atoms with Gasteiger partial charge in [-0.1, -0.05) is 0 Å². The Kier molecular flexibility index (Phi) is 326. The van der Waals surface area contributed by atoms with Crippen LogP contribution in [0.4, 0.5) is 0 Å². The third kappa shape index (κ3) is 10400. The van der Waals surface area contributed by atoms with Crippen molar-refractivity contribution in [3.63, 3.8) is 0 Å². The van der Waals surface area contributed by atoms with Gasteiger partial charge in [-0.25, -0.2) is 8.42 Å². The predicted octanol–water partition coefficient (Wildman–Crippen LogP) is -6.16. The molecule has 0 aromatic heterocycles. The first-order valence-electron chi connectivity index (χ1n) is 0.683. The van der Waals surface area contributed by atoms with Gasteiger partial charge in [0.05, 0.1) is 0 Å². The van der Waals surface area contributed by atoms with Crippen LogP contribution in [0, 0.1) is 0 Å². The van der Waals surface area contributed by atoms with Crippen LogP contribution in [-0.2, 0) is 10.4 Å². The number of hydrogen-bond donors (Lipinski definition) is 2. The fraction of sp³-hybridized carbons (Fsp3) is 0. The van der Waals surface area contributed by atoms with Crippen molar-refractivity contribution in [2.45, 2.75) is 0 Å². The Morgan fingerprint density at radius 3 is 0.846 bits per heavy atom. The molecule has 0 bridgehead atoms. The van der Waals surface area contributed by atoms with E-state index in [-0.39, 0.29) is 62.1 Å². The zero-order chi connectivity index (χ0) is 4.50. The van der Waals surface area contributed by atoms with Gasteiger partial charge in [0.15, 0.2) is 0 Å².